The quantitative estimate of drug-likeness (QED) is 0.171. The monoisotopic (exact) mass is 733 g/mol. The van der Waals surface area contributed by atoms with Crippen molar-refractivity contribution in [3.63, 3.8) is 0 Å². The molecule has 56 heavy (non-hydrogen) atoms. The maximum absolute atomic E-state index is 6.65. The first-order valence-electron chi connectivity index (χ1n) is 18.7. The number of nitrogens with zero attached hydrogens (tertiary/aromatic N) is 3. The average molecular weight is 734 g/mol. The molecule has 0 aliphatic rings. The van der Waals surface area contributed by atoms with E-state index in [0.717, 1.165) is 55.3 Å². The second kappa shape index (κ2) is 13.3. The molecule has 0 radical (unpaired) electrons. The van der Waals surface area contributed by atoms with E-state index >= 15 is 0 Å². The SMILES string of the molecule is c1ccc(-c2nc(-c3ccccc3)nc(-c3cccc(-c4cccc5c4oc4ccc(-c6cccc(-c7ccc8sc9ccccc9c8c7)c6)cc45)c3)n2)cc1. The molecule has 0 saturated carbocycles. The minimum absolute atomic E-state index is 0.617. The Hall–Kier alpha value is -7.21. The van der Waals surface area contributed by atoms with Gasteiger partial charge in [0.25, 0.3) is 0 Å². The normalized spacial score (nSPS) is 11.6. The van der Waals surface area contributed by atoms with Crippen LogP contribution in [0.3, 0.4) is 0 Å². The van der Waals surface area contributed by atoms with Gasteiger partial charge in [-0.15, -0.1) is 11.3 Å². The maximum atomic E-state index is 6.65. The van der Waals surface area contributed by atoms with Crippen molar-refractivity contribution >= 4 is 53.4 Å². The highest BCUT2D eigenvalue weighted by atomic mass is 32.1. The third kappa shape index (κ3) is 5.65. The van der Waals surface area contributed by atoms with Crippen LogP contribution in [0, 0.1) is 0 Å². The van der Waals surface area contributed by atoms with Gasteiger partial charge < -0.3 is 4.42 Å². The Morgan fingerprint density at radius 1 is 0.321 bits per heavy atom. The van der Waals surface area contributed by atoms with E-state index in [9.17, 15) is 0 Å². The van der Waals surface area contributed by atoms with Gasteiger partial charge in [0.1, 0.15) is 11.2 Å². The van der Waals surface area contributed by atoms with Gasteiger partial charge in [0.2, 0.25) is 0 Å². The molecule has 0 N–H and O–H groups in total. The lowest BCUT2D eigenvalue weighted by atomic mass is 9.96. The predicted molar refractivity (Wildman–Crippen MR) is 233 cm³/mol. The second-order valence-electron chi connectivity index (χ2n) is 14.0. The molecule has 8 aromatic carbocycles. The average Bonchev–Trinajstić information content (AvgIpc) is 3.85. The minimum Gasteiger partial charge on any atom is -0.455 e. The number of aromatic nitrogens is 3. The molecule has 0 atom stereocenters. The molecule has 0 bridgehead atoms. The van der Waals surface area contributed by atoms with Crippen LogP contribution in [-0.2, 0) is 0 Å². The topological polar surface area (TPSA) is 51.8 Å². The van der Waals surface area contributed by atoms with E-state index in [1.165, 1.54) is 36.9 Å². The molecule has 11 rings (SSSR count). The van der Waals surface area contributed by atoms with Crippen molar-refractivity contribution in [2.75, 3.05) is 0 Å². The van der Waals surface area contributed by atoms with Crippen molar-refractivity contribution in [2.45, 2.75) is 0 Å². The number of furan rings is 1. The molecular weight excluding hydrogens is 703 g/mol. The molecule has 0 amide bonds. The molecule has 11 aromatic rings. The van der Waals surface area contributed by atoms with Crippen molar-refractivity contribution in [2.24, 2.45) is 0 Å². The molecule has 5 heteroatoms. The summed E-state index contributed by atoms with van der Waals surface area (Å²) in [5.74, 6) is 1.89. The fraction of sp³-hybridized carbons (Fsp3) is 0. The number of para-hydroxylation sites is 1. The van der Waals surface area contributed by atoms with Crippen LogP contribution in [0.5, 0.6) is 0 Å². The standard InChI is InChI=1S/C51H31N3OS/c1-3-12-32(13-4-1)49-52-50(33-14-5-2-6-15-33)54-51(53-49)39-19-10-18-38(29-39)40-21-11-22-42-43-30-36(24-26-45(43)55-48(40)42)34-16-9-17-35(28-34)37-25-27-47-44(31-37)41-20-7-8-23-46(41)56-47/h1-31H. The summed E-state index contributed by atoms with van der Waals surface area (Å²) in [6, 6.07) is 65.8. The van der Waals surface area contributed by atoms with Gasteiger partial charge in [0, 0.05) is 53.2 Å². The third-order valence-corrected chi connectivity index (χ3v) is 11.7. The van der Waals surface area contributed by atoms with Crippen LogP contribution in [0.1, 0.15) is 0 Å². The van der Waals surface area contributed by atoms with Crippen LogP contribution in [0.15, 0.2) is 192 Å². The molecule has 0 aliphatic heterocycles. The van der Waals surface area contributed by atoms with E-state index in [2.05, 4.69) is 127 Å². The molecule has 4 nitrogen and oxygen atoms in total. The van der Waals surface area contributed by atoms with E-state index in [1.54, 1.807) is 0 Å². The molecular formula is C51H31N3OS. The van der Waals surface area contributed by atoms with E-state index < -0.39 is 0 Å². The summed E-state index contributed by atoms with van der Waals surface area (Å²) in [4.78, 5) is 14.8. The van der Waals surface area contributed by atoms with Gasteiger partial charge in [-0.3, -0.25) is 0 Å². The van der Waals surface area contributed by atoms with E-state index in [0.29, 0.717) is 17.5 Å². The lowest BCUT2D eigenvalue weighted by Gasteiger charge is -2.10. The van der Waals surface area contributed by atoms with Gasteiger partial charge >= 0.3 is 0 Å². The van der Waals surface area contributed by atoms with Crippen molar-refractivity contribution in [1.82, 2.24) is 15.0 Å². The first kappa shape index (κ1) is 32.2. The Morgan fingerprint density at radius 3 is 1.55 bits per heavy atom. The molecule has 0 unspecified atom stereocenters. The summed E-state index contributed by atoms with van der Waals surface area (Å²) < 4.78 is 9.29. The number of hydrogen-bond acceptors (Lipinski definition) is 5. The zero-order valence-electron chi connectivity index (χ0n) is 30.1. The van der Waals surface area contributed by atoms with Crippen LogP contribution in [-0.4, -0.2) is 15.0 Å². The summed E-state index contributed by atoms with van der Waals surface area (Å²) in [6.45, 7) is 0. The Morgan fingerprint density at radius 2 is 0.821 bits per heavy atom. The van der Waals surface area contributed by atoms with Gasteiger partial charge in [0.15, 0.2) is 17.5 Å². The van der Waals surface area contributed by atoms with E-state index in [4.69, 9.17) is 19.4 Å². The second-order valence-corrected chi connectivity index (χ2v) is 15.1. The van der Waals surface area contributed by atoms with Crippen LogP contribution in [0.2, 0.25) is 0 Å². The van der Waals surface area contributed by atoms with Crippen molar-refractivity contribution in [3.8, 4) is 67.5 Å². The molecule has 3 heterocycles. The van der Waals surface area contributed by atoms with Gasteiger partial charge in [-0.1, -0.05) is 146 Å². The van der Waals surface area contributed by atoms with E-state index in [1.807, 2.05) is 72.0 Å². The summed E-state index contributed by atoms with van der Waals surface area (Å²) in [5, 5.41) is 4.79. The van der Waals surface area contributed by atoms with Crippen LogP contribution >= 0.6 is 11.3 Å². The first-order valence-corrected chi connectivity index (χ1v) is 19.5. The van der Waals surface area contributed by atoms with Crippen LogP contribution in [0.25, 0.3) is 110 Å². The van der Waals surface area contributed by atoms with Crippen molar-refractivity contribution in [3.05, 3.63) is 188 Å². The lowest BCUT2D eigenvalue weighted by Crippen LogP contribution is -2.00. The van der Waals surface area contributed by atoms with Crippen LogP contribution in [0.4, 0.5) is 0 Å². The summed E-state index contributed by atoms with van der Waals surface area (Å²) in [7, 11) is 0. The Labute approximate surface area is 327 Å². The molecule has 0 saturated heterocycles. The van der Waals surface area contributed by atoms with Gasteiger partial charge in [-0.2, -0.15) is 0 Å². The molecule has 3 aromatic heterocycles. The highest BCUT2D eigenvalue weighted by molar-refractivity contribution is 7.25. The van der Waals surface area contributed by atoms with Crippen LogP contribution < -0.4 is 0 Å². The smallest absolute Gasteiger partial charge is 0.164 e. The highest BCUT2D eigenvalue weighted by Gasteiger charge is 2.17. The predicted octanol–water partition coefficient (Wildman–Crippen LogP) is 14.1. The summed E-state index contributed by atoms with van der Waals surface area (Å²) in [6.07, 6.45) is 0. The minimum atomic E-state index is 0.617. The first-order chi connectivity index (χ1) is 27.7. The number of rotatable bonds is 6. The number of benzene rings is 8. The molecule has 0 spiro atoms. The number of fused-ring (bicyclic) bond motifs is 6. The van der Waals surface area contributed by atoms with Crippen molar-refractivity contribution < 1.29 is 4.42 Å². The molecule has 0 fully saturated rings. The maximum Gasteiger partial charge on any atom is 0.164 e. The highest BCUT2D eigenvalue weighted by Crippen LogP contribution is 2.40. The molecule has 0 aliphatic carbocycles. The summed E-state index contributed by atoms with van der Waals surface area (Å²) in [5.41, 5.74) is 11.3. The Kier molecular flexibility index (Phi) is 7.64. The summed E-state index contributed by atoms with van der Waals surface area (Å²) >= 11 is 1.85. The van der Waals surface area contributed by atoms with Gasteiger partial charge in [-0.05, 0) is 70.3 Å². The van der Waals surface area contributed by atoms with Crippen molar-refractivity contribution in [1.29, 1.82) is 0 Å². The number of hydrogen-bond donors (Lipinski definition) is 0. The zero-order valence-corrected chi connectivity index (χ0v) is 30.9. The largest absolute Gasteiger partial charge is 0.455 e. The molecule has 262 valence electrons. The van der Waals surface area contributed by atoms with E-state index in [-0.39, 0.29) is 0 Å². The number of thiophene rings is 1. The Balaban J connectivity index is 0.973. The fourth-order valence-electron chi connectivity index (χ4n) is 7.75. The Bertz CT molecular complexity index is 3200. The van der Waals surface area contributed by atoms with Gasteiger partial charge in [-0.25, -0.2) is 15.0 Å². The van der Waals surface area contributed by atoms with Gasteiger partial charge in [0.05, 0.1) is 0 Å². The fourth-order valence-corrected chi connectivity index (χ4v) is 8.84. The third-order valence-electron chi connectivity index (χ3n) is 10.5. The lowest BCUT2D eigenvalue weighted by molar-refractivity contribution is 0.670. The zero-order chi connectivity index (χ0) is 37.0.